The number of nitrogens with one attached hydrogen (secondary N) is 3. The van der Waals surface area contributed by atoms with E-state index in [0.29, 0.717) is 36.3 Å². The maximum atomic E-state index is 13.4. The molecule has 1 atom stereocenters. The molecule has 0 radical (unpaired) electrons. The van der Waals surface area contributed by atoms with Crippen molar-refractivity contribution in [2.45, 2.75) is 69.4 Å². The third-order valence-electron chi connectivity index (χ3n) is 6.75. The van der Waals surface area contributed by atoms with Crippen molar-refractivity contribution in [1.29, 1.82) is 0 Å². The van der Waals surface area contributed by atoms with Gasteiger partial charge in [0.05, 0.1) is 0 Å². The van der Waals surface area contributed by atoms with Gasteiger partial charge in [0.1, 0.15) is 17.6 Å². The SMILES string of the molecule is CCCCC1(c2ccccc2)NC(=O)N(CC(=O)NN2C(=O)NC3(CCCCC3)C2=O)C1=O. The molecule has 3 N–H and O–H groups in total. The molecule has 1 aliphatic carbocycles. The van der Waals surface area contributed by atoms with Crippen LogP contribution in [0.1, 0.15) is 63.9 Å². The first-order valence-corrected chi connectivity index (χ1v) is 11.5. The molecule has 2 heterocycles. The van der Waals surface area contributed by atoms with Gasteiger partial charge in [-0.05, 0) is 24.8 Å². The largest absolute Gasteiger partial charge is 0.344 e. The van der Waals surface area contributed by atoms with Crippen molar-refractivity contribution >= 4 is 29.8 Å². The Bertz CT molecular complexity index is 975. The van der Waals surface area contributed by atoms with Gasteiger partial charge in [-0.1, -0.05) is 69.4 Å². The number of rotatable bonds is 7. The van der Waals surface area contributed by atoms with E-state index in [0.717, 1.165) is 30.6 Å². The minimum absolute atomic E-state index is 0.395. The number of benzene rings is 1. The van der Waals surface area contributed by atoms with Gasteiger partial charge in [-0.2, -0.15) is 5.01 Å². The predicted molar refractivity (Wildman–Crippen MR) is 117 cm³/mol. The molecule has 7 amide bonds. The third kappa shape index (κ3) is 3.94. The number of hydrogen-bond donors (Lipinski definition) is 3. The maximum absolute atomic E-state index is 13.4. The van der Waals surface area contributed by atoms with Crippen LogP contribution in [0.15, 0.2) is 30.3 Å². The van der Waals surface area contributed by atoms with Crippen LogP contribution in [0.4, 0.5) is 9.59 Å². The normalized spacial score (nSPS) is 24.3. The van der Waals surface area contributed by atoms with Crippen molar-refractivity contribution in [1.82, 2.24) is 26.0 Å². The topological polar surface area (TPSA) is 128 Å². The van der Waals surface area contributed by atoms with E-state index in [9.17, 15) is 24.0 Å². The fourth-order valence-corrected chi connectivity index (χ4v) is 4.96. The number of hydrogen-bond acceptors (Lipinski definition) is 5. The Hall–Kier alpha value is -3.43. The summed E-state index contributed by atoms with van der Waals surface area (Å²) in [7, 11) is 0. The number of urea groups is 2. The van der Waals surface area contributed by atoms with Gasteiger partial charge in [-0.25, -0.2) is 9.59 Å². The van der Waals surface area contributed by atoms with Crippen LogP contribution in [0.25, 0.3) is 0 Å². The molecular weight excluding hydrogens is 426 g/mol. The van der Waals surface area contributed by atoms with Gasteiger partial charge in [0.25, 0.3) is 17.7 Å². The number of unbranched alkanes of at least 4 members (excludes halogenated alkanes) is 1. The van der Waals surface area contributed by atoms with Crippen molar-refractivity contribution in [3.63, 3.8) is 0 Å². The lowest BCUT2D eigenvalue weighted by Crippen LogP contribution is -2.53. The average Bonchev–Trinajstić information content (AvgIpc) is 3.19. The van der Waals surface area contributed by atoms with Crippen molar-refractivity contribution < 1.29 is 24.0 Å². The van der Waals surface area contributed by atoms with E-state index in [4.69, 9.17) is 0 Å². The lowest BCUT2D eigenvalue weighted by Gasteiger charge is -2.30. The van der Waals surface area contributed by atoms with E-state index in [1.807, 2.05) is 13.0 Å². The maximum Gasteiger partial charge on any atom is 0.344 e. The first kappa shape index (κ1) is 22.8. The number of carbonyl (C=O) groups excluding carboxylic acids is 5. The Morgan fingerprint density at radius 1 is 0.970 bits per heavy atom. The molecule has 1 aromatic rings. The molecule has 10 nitrogen and oxygen atoms in total. The van der Waals surface area contributed by atoms with Crippen molar-refractivity contribution in [3.8, 4) is 0 Å². The van der Waals surface area contributed by atoms with Crippen LogP contribution in [-0.4, -0.2) is 51.8 Å². The number of nitrogens with zero attached hydrogens (tertiary/aromatic N) is 2. The predicted octanol–water partition coefficient (Wildman–Crippen LogP) is 1.91. The molecule has 0 bridgehead atoms. The number of carbonyl (C=O) groups is 5. The molecule has 1 saturated carbocycles. The lowest BCUT2D eigenvalue weighted by molar-refractivity contribution is -0.141. The lowest BCUT2D eigenvalue weighted by atomic mass is 9.82. The zero-order valence-corrected chi connectivity index (χ0v) is 18.7. The highest BCUT2D eigenvalue weighted by molar-refractivity contribution is 6.11. The first-order chi connectivity index (χ1) is 15.8. The second kappa shape index (κ2) is 8.84. The minimum atomic E-state index is -1.25. The minimum Gasteiger partial charge on any atom is -0.322 e. The smallest absolute Gasteiger partial charge is 0.322 e. The monoisotopic (exact) mass is 455 g/mol. The highest BCUT2D eigenvalue weighted by Gasteiger charge is 2.54. The summed E-state index contributed by atoms with van der Waals surface area (Å²) in [5.41, 5.74) is 0.705. The van der Waals surface area contributed by atoms with E-state index in [1.165, 1.54) is 0 Å². The summed E-state index contributed by atoms with van der Waals surface area (Å²) >= 11 is 0. The number of hydrazine groups is 1. The van der Waals surface area contributed by atoms with Crippen LogP contribution in [0, 0.1) is 0 Å². The summed E-state index contributed by atoms with van der Waals surface area (Å²) in [6.45, 7) is 1.39. The molecule has 176 valence electrons. The summed E-state index contributed by atoms with van der Waals surface area (Å²) in [6, 6.07) is 7.56. The van der Waals surface area contributed by atoms with Crippen LogP contribution in [0.5, 0.6) is 0 Å². The fourth-order valence-electron chi connectivity index (χ4n) is 4.96. The van der Waals surface area contributed by atoms with E-state index in [1.54, 1.807) is 24.3 Å². The first-order valence-electron chi connectivity index (χ1n) is 11.5. The molecule has 1 spiro atoms. The highest BCUT2D eigenvalue weighted by Crippen LogP contribution is 2.35. The Labute approximate surface area is 192 Å². The molecule has 0 aromatic heterocycles. The Kier molecular flexibility index (Phi) is 6.09. The van der Waals surface area contributed by atoms with E-state index >= 15 is 0 Å². The van der Waals surface area contributed by atoms with Gasteiger partial charge < -0.3 is 10.6 Å². The fraction of sp³-hybridized carbons (Fsp3) is 0.522. The summed E-state index contributed by atoms with van der Waals surface area (Å²) in [6.07, 6.45) is 5.58. The van der Waals surface area contributed by atoms with Crippen LogP contribution >= 0.6 is 0 Å². The molecular formula is C23H29N5O5. The molecule has 3 fully saturated rings. The van der Waals surface area contributed by atoms with Crippen molar-refractivity contribution in [2.75, 3.05) is 6.54 Å². The molecule has 4 rings (SSSR count). The average molecular weight is 456 g/mol. The van der Waals surface area contributed by atoms with Gasteiger partial charge >= 0.3 is 12.1 Å². The standard InChI is InChI=1S/C23H29N5O5/c1-2-3-14-23(16-10-6-4-7-11-16)19(31)27(20(32)25-23)15-17(29)26-28-18(30)22(24-21(28)33)12-8-5-9-13-22/h4,6-7,10-11H,2-3,5,8-9,12-15H2,1H3,(H,24,33)(H,25,32)(H,26,29). The molecule has 2 saturated heterocycles. The van der Waals surface area contributed by atoms with E-state index in [-0.39, 0.29) is 0 Å². The van der Waals surface area contributed by atoms with Crippen LogP contribution in [0.3, 0.4) is 0 Å². The van der Waals surface area contributed by atoms with Crippen LogP contribution < -0.4 is 16.1 Å². The van der Waals surface area contributed by atoms with Gasteiger partial charge in [0.15, 0.2) is 0 Å². The number of imide groups is 2. The van der Waals surface area contributed by atoms with Crippen molar-refractivity contribution in [2.24, 2.45) is 0 Å². The highest BCUT2D eigenvalue weighted by atomic mass is 16.2. The third-order valence-corrected chi connectivity index (χ3v) is 6.75. The summed E-state index contributed by atoms with van der Waals surface area (Å²) in [4.78, 5) is 64.9. The summed E-state index contributed by atoms with van der Waals surface area (Å²) < 4.78 is 0. The molecule has 1 aromatic carbocycles. The van der Waals surface area contributed by atoms with Crippen molar-refractivity contribution in [3.05, 3.63) is 35.9 Å². The quantitative estimate of drug-likeness (QED) is 0.541. The molecule has 2 aliphatic heterocycles. The summed E-state index contributed by atoms with van der Waals surface area (Å²) in [5.74, 6) is -1.82. The second-order valence-electron chi connectivity index (χ2n) is 8.94. The van der Waals surface area contributed by atoms with Gasteiger partial charge in [-0.3, -0.25) is 24.7 Å². The summed E-state index contributed by atoms with van der Waals surface area (Å²) in [5, 5.41) is 6.16. The van der Waals surface area contributed by atoms with Crippen LogP contribution in [0.2, 0.25) is 0 Å². The van der Waals surface area contributed by atoms with Gasteiger partial charge in [0, 0.05) is 0 Å². The molecule has 1 unspecified atom stereocenters. The zero-order valence-electron chi connectivity index (χ0n) is 18.7. The Balaban J connectivity index is 1.48. The second-order valence-corrected chi connectivity index (χ2v) is 8.94. The molecule has 10 heteroatoms. The Morgan fingerprint density at radius 2 is 1.67 bits per heavy atom. The Morgan fingerprint density at radius 3 is 2.33 bits per heavy atom. The number of amides is 7. The van der Waals surface area contributed by atoms with Gasteiger partial charge in [-0.15, -0.1) is 0 Å². The van der Waals surface area contributed by atoms with Gasteiger partial charge in [0.2, 0.25) is 0 Å². The van der Waals surface area contributed by atoms with Crippen LogP contribution in [-0.2, 0) is 19.9 Å². The molecule has 33 heavy (non-hydrogen) atoms. The van der Waals surface area contributed by atoms with E-state index < -0.39 is 47.4 Å². The molecule has 3 aliphatic rings. The van der Waals surface area contributed by atoms with E-state index in [2.05, 4.69) is 16.1 Å². The zero-order chi connectivity index (χ0) is 23.6.